The van der Waals surface area contributed by atoms with Gasteiger partial charge in [0.1, 0.15) is 5.82 Å². The van der Waals surface area contributed by atoms with Crippen molar-refractivity contribution in [1.29, 1.82) is 0 Å². The summed E-state index contributed by atoms with van der Waals surface area (Å²) in [6.45, 7) is 1.90. The van der Waals surface area contributed by atoms with Gasteiger partial charge in [0.05, 0.1) is 15.8 Å². The van der Waals surface area contributed by atoms with Gasteiger partial charge in [-0.2, -0.15) is 0 Å². The zero-order valence-corrected chi connectivity index (χ0v) is 11.0. The summed E-state index contributed by atoms with van der Waals surface area (Å²) in [5.74, 6) is 0.637. The van der Waals surface area contributed by atoms with Crippen LogP contribution in [0.25, 0.3) is 0 Å². The smallest absolute Gasteiger partial charge is 0.151 e. The normalized spacial score (nSPS) is 11.4. The van der Waals surface area contributed by atoms with Gasteiger partial charge in [0.2, 0.25) is 0 Å². The second kappa shape index (κ2) is 5.70. The van der Waals surface area contributed by atoms with Gasteiger partial charge < -0.3 is 5.32 Å². The minimum absolute atomic E-state index is 0.0597. The van der Waals surface area contributed by atoms with Gasteiger partial charge in [-0.25, -0.2) is 13.4 Å². The van der Waals surface area contributed by atoms with Crippen molar-refractivity contribution < 1.29 is 8.42 Å². The van der Waals surface area contributed by atoms with Crippen LogP contribution in [0.4, 0.5) is 5.82 Å². The van der Waals surface area contributed by atoms with E-state index in [0.29, 0.717) is 15.9 Å². The van der Waals surface area contributed by atoms with E-state index in [0.717, 1.165) is 0 Å². The lowest BCUT2D eigenvalue weighted by Gasteiger charge is -2.07. The van der Waals surface area contributed by atoms with E-state index in [1.165, 1.54) is 6.20 Å². The van der Waals surface area contributed by atoms with E-state index < -0.39 is 9.84 Å². The summed E-state index contributed by atoms with van der Waals surface area (Å²) < 4.78 is 22.4. The van der Waals surface area contributed by atoms with Gasteiger partial charge in [0.25, 0.3) is 0 Å². The molecule has 0 amide bonds. The lowest BCUT2D eigenvalue weighted by molar-refractivity contribution is 0.597. The minimum atomic E-state index is -2.97. The fraction of sp³-hybridized carbons (Fsp3) is 0.444. The summed E-state index contributed by atoms with van der Waals surface area (Å²) in [6.07, 6.45) is 1.45. The first-order valence-electron chi connectivity index (χ1n) is 4.70. The highest BCUT2D eigenvalue weighted by atomic mass is 35.5. The van der Waals surface area contributed by atoms with Crippen molar-refractivity contribution >= 4 is 38.9 Å². The van der Waals surface area contributed by atoms with E-state index in [1.54, 1.807) is 13.0 Å². The molecule has 0 saturated heterocycles. The van der Waals surface area contributed by atoms with Crippen molar-refractivity contribution in [2.75, 3.05) is 23.4 Å². The molecule has 1 rings (SSSR count). The third kappa shape index (κ3) is 4.15. The number of pyridine rings is 1. The first-order valence-corrected chi connectivity index (χ1v) is 7.27. The van der Waals surface area contributed by atoms with Crippen molar-refractivity contribution in [3.63, 3.8) is 0 Å². The minimum Gasteiger partial charge on any atom is -0.368 e. The average molecular weight is 283 g/mol. The molecule has 1 heterocycles. The topological polar surface area (TPSA) is 59.1 Å². The third-order valence-corrected chi connectivity index (χ3v) is 4.15. The highest BCUT2D eigenvalue weighted by Crippen LogP contribution is 2.22. The zero-order valence-electron chi connectivity index (χ0n) is 8.70. The predicted molar refractivity (Wildman–Crippen MR) is 67.1 cm³/mol. The standard InChI is InChI=1S/C9H12Cl2N2O2S/c1-2-16(14,15)4-3-12-9-8(11)5-7(10)6-13-9/h5-6H,2-4H2,1H3,(H,12,13). The van der Waals surface area contributed by atoms with E-state index in [9.17, 15) is 8.42 Å². The highest BCUT2D eigenvalue weighted by Gasteiger charge is 2.08. The van der Waals surface area contributed by atoms with Gasteiger partial charge in [-0.15, -0.1) is 0 Å². The van der Waals surface area contributed by atoms with Crippen molar-refractivity contribution in [1.82, 2.24) is 4.98 Å². The average Bonchev–Trinajstić information content (AvgIpc) is 2.21. The Labute approximate surface area is 105 Å². The predicted octanol–water partition coefficient (Wildman–Crippen LogP) is 2.24. The van der Waals surface area contributed by atoms with E-state index >= 15 is 0 Å². The van der Waals surface area contributed by atoms with Crippen LogP contribution in [0.5, 0.6) is 0 Å². The highest BCUT2D eigenvalue weighted by molar-refractivity contribution is 7.91. The lowest BCUT2D eigenvalue weighted by atomic mass is 10.4. The molecule has 1 N–H and O–H groups in total. The van der Waals surface area contributed by atoms with E-state index in [1.807, 2.05) is 0 Å². The van der Waals surface area contributed by atoms with E-state index in [2.05, 4.69) is 10.3 Å². The van der Waals surface area contributed by atoms with Crippen molar-refractivity contribution in [2.24, 2.45) is 0 Å². The number of aromatic nitrogens is 1. The molecular weight excluding hydrogens is 271 g/mol. The maximum Gasteiger partial charge on any atom is 0.151 e. The Morgan fingerprint density at radius 2 is 2.12 bits per heavy atom. The number of halogens is 2. The molecule has 1 aromatic heterocycles. The second-order valence-electron chi connectivity index (χ2n) is 3.15. The van der Waals surface area contributed by atoms with Gasteiger partial charge in [0, 0.05) is 18.5 Å². The Morgan fingerprint density at radius 3 is 2.69 bits per heavy atom. The molecule has 0 aromatic carbocycles. The van der Waals surface area contributed by atoms with Crippen LogP contribution in [-0.2, 0) is 9.84 Å². The van der Waals surface area contributed by atoms with Crippen LogP contribution in [0.2, 0.25) is 10.0 Å². The quantitative estimate of drug-likeness (QED) is 0.900. The molecule has 0 unspecified atom stereocenters. The summed E-state index contributed by atoms with van der Waals surface area (Å²) in [5.41, 5.74) is 0. The largest absolute Gasteiger partial charge is 0.368 e. The molecule has 0 bridgehead atoms. The fourth-order valence-corrected chi connectivity index (χ4v) is 2.16. The molecule has 0 fully saturated rings. The molecule has 4 nitrogen and oxygen atoms in total. The van der Waals surface area contributed by atoms with Gasteiger partial charge >= 0.3 is 0 Å². The van der Waals surface area contributed by atoms with Gasteiger partial charge in [-0.3, -0.25) is 0 Å². The van der Waals surface area contributed by atoms with Crippen molar-refractivity contribution in [3.05, 3.63) is 22.3 Å². The first kappa shape index (κ1) is 13.5. The Bertz CT molecular complexity index is 463. The Hall–Kier alpha value is -0.520. The summed E-state index contributed by atoms with van der Waals surface area (Å²) >= 11 is 11.5. The monoisotopic (exact) mass is 282 g/mol. The SMILES string of the molecule is CCS(=O)(=O)CCNc1ncc(Cl)cc1Cl. The lowest BCUT2D eigenvalue weighted by Crippen LogP contribution is -2.17. The molecule has 1 aromatic rings. The van der Waals surface area contributed by atoms with Crippen LogP contribution in [0.15, 0.2) is 12.3 Å². The number of hydrogen-bond acceptors (Lipinski definition) is 4. The number of nitrogens with one attached hydrogen (secondary N) is 1. The van der Waals surface area contributed by atoms with Gasteiger partial charge in [0.15, 0.2) is 9.84 Å². The van der Waals surface area contributed by atoms with Gasteiger partial charge in [-0.1, -0.05) is 30.1 Å². The zero-order chi connectivity index (χ0) is 12.2. The number of sulfone groups is 1. The molecule has 0 atom stereocenters. The Kier molecular flexibility index (Phi) is 4.83. The molecule has 0 aliphatic heterocycles. The molecule has 7 heteroatoms. The summed E-state index contributed by atoms with van der Waals surface area (Å²) in [4.78, 5) is 3.95. The number of hydrogen-bond donors (Lipinski definition) is 1. The summed E-state index contributed by atoms with van der Waals surface area (Å²) in [6, 6.07) is 1.55. The fourth-order valence-electron chi connectivity index (χ4n) is 1.01. The van der Waals surface area contributed by atoms with Crippen LogP contribution < -0.4 is 5.32 Å². The summed E-state index contributed by atoms with van der Waals surface area (Å²) in [7, 11) is -2.97. The van der Waals surface area contributed by atoms with Crippen LogP contribution in [0.1, 0.15) is 6.92 Å². The maximum absolute atomic E-state index is 11.2. The Balaban J connectivity index is 2.56. The molecule has 0 spiro atoms. The van der Waals surface area contributed by atoms with Crippen molar-refractivity contribution in [3.8, 4) is 0 Å². The number of rotatable bonds is 5. The molecule has 0 radical (unpaired) electrons. The summed E-state index contributed by atoms with van der Waals surface area (Å²) in [5, 5.41) is 3.67. The molecule has 0 saturated carbocycles. The molecule has 16 heavy (non-hydrogen) atoms. The molecule has 0 aliphatic rings. The first-order chi connectivity index (χ1) is 7.44. The van der Waals surface area contributed by atoms with Crippen LogP contribution in [0, 0.1) is 0 Å². The van der Waals surface area contributed by atoms with Crippen LogP contribution in [0.3, 0.4) is 0 Å². The third-order valence-electron chi connectivity index (χ3n) is 1.95. The van der Waals surface area contributed by atoms with Crippen molar-refractivity contribution in [2.45, 2.75) is 6.92 Å². The number of nitrogens with zero attached hydrogens (tertiary/aromatic N) is 1. The number of anilines is 1. The van der Waals surface area contributed by atoms with Crippen LogP contribution >= 0.6 is 23.2 Å². The van der Waals surface area contributed by atoms with E-state index in [-0.39, 0.29) is 18.1 Å². The maximum atomic E-state index is 11.2. The second-order valence-corrected chi connectivity index (χ2v) is 6.46. The molecular formula is C9H12Cl2N2O2S. The Morgan fingerprint density at radius 1 is 1.44 bits per heavy atom. The van der Waals surface area contributed by atoms with E-state index in [4.69, 9.17) is 23.2 Å². The molecule has 90 valence electrons. The van der Waals surface area contributed by atoms with Gasteiger partial charge in [-0.05, 0) is 6.07 Å². The van der Waals surface area contributed by atoms with Crippen LogP contribution in [-0.4, -0.2) is 31.5 Å². The molecule has 0 aliphatic carbocycles.